The van der Waals surface area contributed by atoms with E-state index in [0.717, 1.165) is 5.56 Å². The number of carboxylic acid groups (broad SMARTS) is 1. The number of hydrogen-bond donors (Lipinski definition) is 1. The first-order valence-electron chi connectivity index (χ1n) is 5.20. The molecular formula is C15H14O2. The molecule has 0 aliphatic carbocycles. The molecule has 0 unspecified atom stereocenters. The molecule has 0 aliphatic rings. The second kappa shape index (κ2) is 7.01. The van der Waals surface area contributed by atoms with E-state index in [-0.39, 0.29) is 0 Å². The quantitative estimate of drug-likeness (QED) is 0.847. The first kappa shape index (κ1) is 12.7. The van der Waals surface area contributed by atoms with Crippen molar-refractivity contribution in [1.29, 1.82) is 0 Å². The molecule has 2 nitrogen and oxygen atoms in total. The summed E-state index contributed by atoms with van der Waals surface area (Å²) in [6, 6.07) is 18.5. The van der Waals surface area contributed by atoms with E-state index in [1.165, 1.54) is 0 Å². The Labute approximate surface area is 101 Å². The van der Waals surface area contributed by atoms with Crippen LogP contribution in [-0.4, -0.2) is 11.1 Å². The highest BCUT2D eigenvalue weighted by Crippen LogP contribution is 2.04. The molecule has 0 saturated carbocycles. The summed E-state index contributed by atoms with van der Waals surface area (Å²) in [5.74, 6) is -0.902. The third kappa shape index (κ3) is 4.80. The average Bonchev–Trinajstić information content (AvgIpc) is 2.41. The molecule has 0 radical (unpaired) electrons. The van der Waals surface area contributed by atoms with Gasteiger partial charge in [0.05, 0.1) is 5.56 Å². The summed E-state index contributed by atoms with van der Waals surface area (Å²) in [4.78, 5) is 10.4. The largest absolute Gasteiger partial charge is 0.478 e. The summed E-state index contributed by atoms with van der Waals surface area (Å²) in [6.07, 6.45) is 1.67. The van der Waals surface area contributed by atoms with E-state index in [1.54, 1.807) is 30.3 Å². The van der Waals surface area contributed by atoms with Crippen molar-refractivity contribution in [2.45, 2.75) is 0 Å². The maximum absolute atomic E-state index is 10.4. The standard InChI is InChI=1S/C9H8O2.C6H6/c1-2-7-3-5-8(6-4-7)9(10)11;1-2-4-6-5-3-1/h2-6H,1H2,(H,10,11);1-6H. The highest BCUT2D eigenvalue weighted by atomic mass is 16.4. The minimum atomic E-state index is -0.902. The smallest absolute Gasteiger partial charge is 0.335 e. The van der Waals surface area contributed by atoms with E-state index >= 15 is 0 Å². The van der Waals surface area contributed by atoms with E-state index in [4.69, 9.17) is 5.11 Å². The highest BCUT2D eigenvalue weighted by Gasteiger charge is 1.99. The Bertz CT molecular complexity index is 431. The Morgan fingerprint density at radius 2 is 1.35 bits per heavy atom. The van der Waals surface area contributed by atoms with Crippen LogP contribution in [0.15, 0.2) is 67.2 Å². The maximum Gasteiger partial charge on any atom is 0.335 e. The van der Waals surface area contributed by atoms with Crippen LogP contribution in [0.3, 0.4) is 0 Å². The molecule has 0 fully saturated rings. The van der Waals surface area contributed by atoms with Crippen LogP contribution < -0.4 is 0 Å². The Balaban J connectivity index is 0.000000202. The first-order chi connectivity index (χ1) is 8.24. The minimum absolute atomic E-state index is 0.301. The third-order valence-corrected chi connectivity index (χ3v) is 2.06. The van der Waals surface area contributed by atoms with E-state index in [0.29, 0.717) is 5.56 Å². The Morgan fingerprint density at radius 3 is 1.65 bits per heavy atom. The molecule has 1 N–H and O–H groups in total. The van der Waals surface area contributed by atoms with Crippen molar-refractivity contribution < 1.29 is 9.90 Å². The highest BCUT2D eigenvalue weighted by molar-refractivity contribution is 5.87. The van der Waals surface area contributed by atoms with E-state index in [2.05, 4.69) is 6.58 Å². The van der Waals surface area contributed by atoms with Gasteiger partial charge in [-0.1, -0.05) is 61.2 Å². The topological polar surface area (TPSA) is 37.3 Å². The fourth-order valence-electron chi connectivity index (χ4n) is 1.15. The van der Waals surface area contributed by atoms with Crippen LogP contribution in [0.25, 0.3) is 6.08 Å². The molecule has 2 aromatic carbocycles. The lowest BCUT2D eigenvalue weighted by Crippen LogP contribution is -1.94. The van der Waals surface area contributed by atoms with Crippen molar-refractivity contribution in [2.24, 2.45) is 0 Å². The fourth-order valence-corrected chi connectivity index (χ4v) is 1.15. The second-order valence-corrected chi connectivity index (χ2v) is 3.29. The third-order valence-electron chi connectivity index (χ3n) is 2.06. The molecule has 0 saturated heterocycles. The van der Waals surface area contributed by atoms with Gasteiger partial charge in [0.1, 0.15) is 0 Å². The lowest BCUT2D eigenvalue weighted by molar-refractivity contribution is 0.0697. The molecular weight excluding hydrogens is 212 g/mol. The lowest BCUT2D eigenvalue weighted by Gasteiger charge is -1.93. The number of rotatable bonds is 2. The van der Waals surface area contributed by atoms with Crippen molar-refractivity contribution in [3.05, 3.63) is 78.4 Å². The van der Waals surface area contributed by atoms with Gasteiger partial charge in [-0.25, -0.2) is 4.79 Å². The monoisotopic (exact) mass is 226 g/mol. The molecule has 0 atom stereocenters. The molecule has 2 rings (SSSR count). The molecule has 0 bridgehead atoms. The van der Waals surface area contributed by atoms with Crippen LogP contribution in [-0.2, 0) is 0 Å². The maximum atomic E-state index is 10.4. The van der Waals surface area contributed by atoms with Gasteiger partial charge in [-0.2, -0.15) is 0 Å². The van der Waals surface area contributed by atoms with Crippen molar-refractivity contribution in [3.63, 3.8) is 0 Å². The van der Waals surface area contributed by atoms with Crippen LogP contribution in [0.4, 0.5) is 0 Å². The Morgan fingerprint density at radius 1 is 0.941 bits per heavy atom. The summed E-state index contributed by atoms with van der Waals surface area (Å²) in [6.45, 7) is 3.56. The zero-order chi connectivity index (χ0) is 12.5. The molecule has 2 heteroatoms. The van der Waals surface area contributed by atoms with Crippen LogP contribution in [0, 0.1) is 0 Å². The molecule has 0 spiro atoms. The molecule has 0 heterocycles. The zero-order valence-corrected chi connectivity index (χ0v) is 9.41. The summed E-state index contributed by atoms with van der Waals surface area (Å²) in [5, 5.41) is 8.52. The van der Waals surface area contributed by atoms with E-state index < -0.39 is 5.97 Å². The minimum Gasteiger partial charge on any atom is -0.478 e. The predicted octanol–water partition coefficient (Wildman–Crippen LogP) is 3.71. The summed E-state index contributed by atoms with van der Waals surface area (Å²) >= 11 is 0. The van der Waals surface area contributed by atoms with Crippen LogP contribution in [0.5, 0.6) is 0 Å². The van der Waals surface area contributed by atoms with Gasteiger partial charge < -0.3 is 5.11 Å². The Hall–Kier alpha value is -2.35. The second-order valence-electron chi connectivity index (χ2n) is 3.29. The number of carboxylic acids is 1. The molecule has 2 aromatic rings. The van der Waals surface area contributed by atoms with Gasteiger partial charge >= 0.3 is 5.97 Å². The molecule has 0 aliphatic heterocycles. The van der Waals surface area contributed by atoms with Gasteiger partial charge in [0.25, 0.3) is 0 Å². The predicted molar refractivity (Wildman–Crippen MR) is 69.9 cm³/mol. The van der Waals surface area contributed by atoms with Crippen molar-refractivity contribution in [1.82, 2.24) is 0 Å². The van der Waals surface area contributed by atoms with Crippen molar-refractivity contribution >= 4 is 12.0 Å². The Kier molecular flexibility index (Phi) is 5.25. The molecule has 0 amide bonds. The number of aromatic carboxylic acids is 1. The average molecular weight is 226 g/mol. The van der Waals surface area contributed by atoms with Gasteiger partial charge in [0.15, 0.2) is 0 Å². The van der Waals surface area contributed by atoms with Gasteiger partial charge in [-0.15, -0.1) is 0 Å². The summed E-state index contributed by atoms with van der Waals surface area (Å²) in [5.41, 5.74) is 1.23. The summed E-state index contributed by atoms with van der Waals surface area (Å²) in [7, 11) is 0. The van der Waals surface area contributed by atoms with Gasteiger partial charge in [0.2, 0.25) is 0 Å². The molecule has 0 aromatic heterocycles. The zero-order valence-electron chi connectivity index (χ0n) is 9.41. The number of hydrogen-bond acceptors (Lipinski definition) is 1. The van der Waals surface area contributed by atoms with Gasteiger partial charge in [-0.3, -0.25) is 0 Å². The van der Waals surface area contributed by atoms with Crippen LogP contribution >= 0.6 is 0 Å². The van der Waals surface area contributed by atoms with Crippen molar-refractivity contribution in [2.75, 3.05) is 0 Å². The normalized spacial score (nSPS) is 8.71. The van der Waals surface area contributed by atoms with E-state index in [9.17, 15) is 4.79 Å². The number of carbonyl (C=O) groups is 1. The molecule has 17 heavy (non-hydrogen) atoms. The van der Waals surface area contributed by atoms with Crippen LogP contribution in [0.2, 0.25) is 0 Å². The van der Waals surface area contributed by atoms with E-state index in [1.807, 2.05) is 36.4 Å². The first-order valence-corrected chi connectivity index (χ1v) is 5.20. The number of benzene rings is 2. The lowest BCUT2D eigenvalue weighted by atomic mass is 10.1. The molecule has 86 valence electrons. The van der Waals surface area contributed by atoms with Crippen molar-refractivity contribution in [3.8, 4) is 0 Å². The SMILES string of the molecule is C=Cc1ccc(C(=O)O)cc1.c1ccccc1. The summed E-state index contributed by atoms with van der Waals surface area (Å²) < 4.78 is 0. The van der Waals surface area contributed by atoms with Gasteiger partial charge in [-0.05, 0) is 17.7 Å². The van der Waals surface area contributed by atoms with Crippen LogP contribution in [0.1, 0.15) is 15.9 Å². The van der Waals surface area contributed by atoms with Gasteiger partial charge in [0, 0.05) is 0 Å². The fraction of sp³-hybridized carbons (Fsp3) is 0.